The second-order valence-electron chi connectivity index (χ2n) is 3.77. The van der Waals surface area contributed by atoms with Gasteiger partial charge in [-0.25, -0.2) is 4.39 Å². The first-order chi connectivity index (χ1) is 7.16. The number of rotatable bonds is 2. The van der Waals surface area contributed by atoms with Gasteiger partial charge in [0.25, 0.3) is 0 Å². The number of hydrogen-bond donors (Lipinski definition) is 1. The van der Waals surface area contributed by atoms with Gasteiger partial charge in [-0.2, -0.15) is 0 Å². The van der Waals surface area contributed by atoms with Crippen molar-refractivity contribution >= 4 is 15.9 Å². The molecular formula is C11H12BrFO2. The number of ether oxygens (including phenoxy) is 1. The van der Waals surface area contributed by atoms with E-state index in [9.17, 15) is 9.50 Å². The molecule has 0 spiro atoms. The van der Waals surface area contributed by atoms with E-state index in [1.54, 1.807) is 6.07 Å². The third-order valence-corrected chi connectivity index (χ3v) is 3.10. The molecule has 1 aliphatic rings. The Bertz CT molecular complexity index is 330. The first kappa shape index (κ1) is 11.0. The summed E-state index contributed by atoms with van der Waals surface area (Å²) in [5.74, 6) is -0.254. The van der Waals surface area contributed by atoms with E-state index >= 15 is 0 Å². The van der Waals surface area contributed by atoms with Crippen LogP contribution in [0.5, 0.6) is 0 Å². The molecule has 1 saturated heterocycles. The molecule has 1 heterocycles. The number of aliphatic hydroxyl groups is 1. The SMILES string of the molecule is OC(c1cc(F)cc(Br)c1)C1CCOC1. The average Bonchev–Trinajstić information content (AvgIpc) is 2.67. The highest BCUT2D eigenvalue weighted by molar-refractivity contribution is 9.10. The van der Waals surface area contributed by atoms with Crippen molar-refractivity contribution < 1.29 is 14.2 Å². The molecule has 4 heteroatoms. The Labute approximate surface area is 96.2 Å². The summed E-state index contributed by atoms with van der Waals surface area (Å²) < 4.78 is 18.9. The topological polar surface area (TPSA) is 29.5 Å². The molecule has 0 aromatic heterocycles. The normalized spacial score (nSPS) is 23.0. The van der Waals surface area contributed by atoms with E-state index in [1.165, 1.54) is 12.1 Å². The summed E-state index contributed by atoms with van der Waals surface area (Å²) >= 11 is 3.21. The highest BCUT2D eigenvalue weighted by atomic mass is 79.9. The highest BCUT2D eigenvalue weighted by Gasteiger charge is 2.25. The molecule has 0 aliphatic carbocycles. The van der Waals surface area contributed by atoms with Gasteiger partial charge in [-0.05, 0) is 30.2 Å². The van der Waals surface area contributed by atoms with Crippen LogP contribution in [0.1, 0.15) is 18.1 Å². The van der Waals surface area contributed by atoms with Crippen LogP contribution in [0, 0.1) is 11.7 Å². The lowest BCUT2D eigenvalue weighted by atomic mass is 9.95. The van der Waals surface area contributed by atoms with Crippen LogP contribution in [0.4, 0.5) is 4.39 Å². The highest BCUT2D eigenvalue weighted by Crippen LogP contribution is 2.30. The largest absolute Gasteiger partial charge is 0.388 e. The molecule has 2 rings (SSSR count). The van der Waals surface area contributed by atoms with E-state index in [2.05, 4.69) is 15.9 Å². The van der Waals surface area contributed by atoms with Crippen molar-refractivity contribution in [2.75, 3.05) is 13.2 Å². The fraction of sp³-hybridized carbons (Fsp3) is 0.455. The molecule has 2 atom stereocenters. The predicted octanol–water partition coefficient (Wildman–Crippen LogP) is 2.66. The van der Waals surface area contributed by atoms with Crippen molar-refractivity contribution in [1.29, 1.82) is 0 Å². The van der Waals surface area contributed by atoms with Crippen LogP contribution >= 0.6 is 15.9 Å². The van der Waals surface area contributed by atoms with Gasteiger partial charge in [0.1, 0.15) is 5.82 Å². The van der Waals surface area contributed by atoms with Crippen molar-refractivity contribution in [3.8, 4) is 0 Å². The van der Waals surface area contributed by atoms with Crippen LogP contribution in [0.15, 0.2) is 22.7 Å². The van der Waals surface area contributed by atoms with Crippen LogP contribution in [0.3, 0.4) is 0 Å². The summed E-state index contributed by atoms with van der Waals surface area (Å²) in [5.41, 5.74) is 0.609. The zero-order valence-electron chi connectivity index (χ0n) is 8.12. The quantitative estimate of drug-likeness (QED) is 0.899. The van der Waals surface area contributed by atoms with Crippen molar-refractivity contribution in [1.82, 2.24) is 0 Å². The molecule has 2 unspecified atom stereocenters. The fourth-order valence-electron chi connectivity index (χ4n) is 1.82. The number of aliphatic hydroxyl groups excluding tert-OH is 1. The van der Waals surface area contributed by atoms with Gasteiger partial charge in [0, 0.05) is 17.0 Å². The Morgan fingerprint density at radius 2 is 2.27 bits per heavy atom. The Kier molecular flexibility index (Phi) is 3.38. The van der Waals surface area contributed by atoms with Gasteiger partial charge in [-0.15, -0.1) is 0 Å². The molecule has 15 heavy (non-hydrogen) atoms. The first-order valence-electron chi connectivity index (χ1n) is 4.88. The lowest BCUT2D eigenvalue weighted by Gasteiger charge is -2.17. The Morgan fingerprint density at radius 3 is 2.87 bits per heavy atom. The van der Waals surface area contributed by atoms with Gasteiger partial charge in [0.15, 0.2) is 0 Å². The molecule has 1 N–H and O–H groups in total. The molecule has 0 bridgehead atoms. The minimum Gasteiger partial charge on any atom is -0.388 e. The monoisotopic (exact) mass is 274 g/mol. The van der Waals surface area contributed by atoms with Gasteiger partial charge in [-0.1, -0.05) is 15.9 Å². The first-order valence-corrected chi connectivity index (χ1v) is 5.68. The molecule has 1 aromatic carbocycles. The second-order valence-corrected chi connectivity index (χ2v) is 4.69. The maximum Gasteiger partial charge on any atom is 0.124 e. The van der Waals surface area contributed by atoms with Crippen LogP contribution in [0.2, 0.25) is 0 Å². The molecule has 1 aromatic rings. The second kappa shape index (κ2) is 4.60. The maximum atomic E-state index is 13.1. The van der Waals surface area contributed by atoms with Crippen LogP contribution in [-0.4, -0.2) is 18.3 Å². The molecule has 1 aliphatic heterocycles. The van der Waals surface area contributed by atoms with Crippen molar-refractivity contribution in [2.45, 2.75) is 12.5 Å². The summed E-state index contributed by atoms with van der Waals surface area (Å²) in [7, 11) is 0. The molecule has 2 nitrogen and oxygen atoms in total. The van der Waals surface area contributed by atoms with E-state index in [0.29, 0.717) is 23.2 Å². The van der Waals surface area contributed by atoms with Gasteiger partial charge >= 0.3 is 0 Å². The van der Waals surface area contributed by atoms with Gasteiger partial charge in [0.05, 0.1) is 12.7 Å². The van der Waals surface area contributed by atoms with Crippen LogP contribution in [-0.2, 0) is 4.74 Å². The predicted molar refractivity (Wildman–Crippen MR) is 58.0 cm³/mol. The van der Waals surface area contributed by atoms with Gasteiger partial charge in [-0.3, -0.25) is 0 Å². The summed E-state index contributed by atoms with van der Waals surface area (Å²) in [5, 5.41) is 10.0. The van der Waals surface area contributed by atoms with Crippen LogP contribution < -0.4 is 0 Å². The summed E-state index contributed by atoms with van der Waals surface area (Å²) in [6.45, 7) is 1.23. The zero-order valence-corrected chi connectivity index (χ0v) is 9.71. The molecule has 0 radical (unpaired) electrons. The van der Waals surface area contributed by atoms with Crippen molar-refractivity contribution in [2.24, 2.45) is 5.92 Å². The van der Waals surface area contributed by atoms with E-state index in [4.69, 9.17) is 4.74 Å². The van der Waals surface area contributed by atoms with Crippen molar-refractivity contribution in [3.05, 3.63) is 34.1 Å². The minimum absolute atomic E-state index is 0.0821. The van der Waals surface area contributed by atoms with E-state index < -0.39 is 6.10 Å². The molecular weight excluding hydrogens is 263 g/mol. The number of halogens is 2. The summed E-state index contributed by atoms with van der Waals surface area (Å²) in [6.07, 6.45) is 0.189. The smallest absolute Gasteiger partial charge is 0.124 e. The third-order valence-electron chi connectivity index (χ3n) is 2.64. The molecule has 82 valence electrons. The molecule has 1 fully saturated rings. The average molecular weight is 275 g/mol. The van der Waals surface area contributed by atoms with E-state index in [-0.39, 0.29) is 11.7 Å². The van der Waals surface area contributed by atoms with E-state index in [1.807, 2.05) is 0 Å². The van der Waals surface area contributed by atoms with Gasteiger partial charge in [0.2, 0.25) is 0 Å². The fourth-order valence-corrected chi connectivity index (χ4v) is 2.30. The van der Waals surface area contributed by atoms with Gasteiger partial charge < -0.3 is 9.84 Å². The van der Waals surface area contributed by atoms with E-state index in [0.717, 1.165) is 6.42 Å². The minimum atomic E-state index is -0.639. The lowest BCUT2D eigenvalue weighted by Crippen LogP contribution is -2.12. The maximum absolute atomic E-state index is 13.1. The molecule has 0 saturated carbocycles. The zero-order chi connectivity index (χ0) is 10.8. The summed E-state index contributed by atoms with van der Waals surface area (Å²) in [4.78, 5) is 0. The lowest BCUT2D eigenvalue weighted by molar-refractivity contribution is 0.0915. The number of hydrogen-bond acceptors (Lipinski definition) is 2. The summed E-state index contributed by atoms with van der Waals surface area (Å²) in [6, 6.07) is 4.49. The Morgan fingerprint density at radius 1 is 1.47 bits per heavy atom. The Balaban J connectivity index is 2.20. The van der Waals surface area contributed by atoms with Crippen LogP contribution in [0.25, 0.3) is 0 Å². The third kappa shape index (κ3) is 2.56. The Hall–Kier alpha value is -0.450. The molecule has 0 amide bonds. The standard InChI is InChI=1S/C11H12BrFO2/c12-9-3-8(4-10(13)5-9)11(14)7-1-2-15-6-7/h3-5,7,11,14H,1-2,6H2. The van der Waals surface area contributed by atoms with Crippen molar-refractivity contribution in [3.63, 3.8) is 0 Å². The number of benzene rings is 1.